The van der Waals surface area contributed by atoms with Crippen LogP contribution in [-0.2, 0) is 14.3 Å². The SMILES string of the molecule is CCOCCCN1C(=O)C(c2ccc(OC)cc2)=C(N2CC(C)CC(C)C2)C1=O. The molecule has 2 amide bonds. The molecule has 3 rings (SSSR count). The highest BCUT2D eigenvalue weighted by atomic mass is 16.5. The van der Waals surface area contributed by atoms with Gasteiger partial charge in [0.2, 0.25) is 0 Å². The lowest BCUT2D eigenvalue weighted by atomic mass is 9.91. The average Bonchev–Trinajstić information content (AvgIpc) is 2.95. The second-order valence-electron chi connectivity index (χ2n) is 8.12. The summed E-state index contributed by atoms with van der Waals surface area (Å²) in [5, 5.41) is 0. The van der Waals surface area contributed by atoms with E-state index in [1.165, 1.54) is 4.90 Å². The van der Waals surface area contributed by atoms with Gasteiger partial charge in [-0.25, -0.2) is 0 Å². The van der Waals surface area contributed by atoms with E-state index in [1.807, 2.05) is 31.2 Å². The summed E-state index contributed by atoms with van der Waals surface area (Å²) in [5.41, 5.74) is 1.82. The van der Waals surface area contributed by atoms with E-state index < -0.39 is 0 Å². The van der Waals surface area contributed by atoms with Crippen LogP contribution in [0.3, 0.4) is 0 Å². The maximum Gasteiger partial charge on any atom is 0.277 e. The molecule has 2 unspecified atom stereocenters. The first-order valence-electron chi connectivity index (χ1n) is 10.5. The minimum atomic E-state index is -0.211. The number of carbonyl (C=O) groups is 2. The van der Waals surface area contributed by atoms with E-state index in [0.717, 1.165) is 30.8 Å². The van der Waals surface area contributed by atoms with Gasteiger partial charge in [0.25, 0.3) is 11.8 Å². The van der Waals surface area contributed by atoms with E-state index in [1.54, 1.807) is 7.11 Å². The molecule has 0 aromatic heterocycles. The standard InChI is InChI=1S/C23H32N2O4/c1-5-29-12-6-11-25-22(26)20(18-7-9-19(28-4)10-8-18)21(23(25)27)24-14-16(2)13-17(3)15-24/h7-10,16-17H,5-6,11-15H2,1-4H3. The van der Waals surface area contributed by atoms with Gasteiger partial charge in [0.15, 0.2) is 0 Å². The summed E-state index contributed by atoms with van der Waals surface area (Å²) >= 11 is 0. The van der Waals surface area contributed by atoms with Gasteiger partial charge in [-0.05, 0) is 49.3 Å². The van der Waals surface area contributed by atoms with Gasteiger partial charge < -0.3 is 14.4 Å². The van der Waals surface area contributed by atoms with Crippen molar-refractivity contribution < 1.29 is 19.1 Å². The van der Waals surface area contributed by atoms with Crippen LogP contribution in [0.4, 0.5) is 0 Å². The molecule has 1 aromatic rings. The van der Waals surface area contributed by atoms with Crippen LogP contribution in [0, 0.1) is 11.8 Å². The van der Waals surface area contributed by atoms with Crippen LogP contribution in [0.1, 0.15) is 39.2 Å². The third-order valence-corrected chi connectivity index (χ3v) is 5.58. The minimum absolute atomic E-state index is 0.182. The lowest BCUT2D eigenvalue weighted by Gasteiger charge is -2.37. The predicted molar refractivity (Wildman–Crippen MR) is 112 cm³/mol. The van der Waals surface area contributed by atoms with Crippen molar-refractivity contribution in [2.75, 3.05) is 40.0 Å². The number of carbonyl (C=O) groups excluding carboxylic acids is 2. The molecule has 2 atom stereocenters. The van der Waals surface area contributed by atoms with E-state index in [4.69, 9.17) is 9.47 Å². The van der Waals surface area contributed by atoms with Crippen molar-refractivity contribution in [3.8, 4) is 5.75 Å². The van der Waals surface area contributed by atoms with Crippen molar-refractivity contribution in [3.05, 3.63) is 35.5 Å². The van der Waals surface area contributed by atoms with Crippen molar-refractivity contribution in [1.29, 1.82) is 0 Å². The predicted octanol–water partition coefficient (Wildman–Crippen LogP) is 3.18. The second-order valence-corrected chi connectivity index (χ2v) is 8.12. The fraction of sp³-hybridized carbons (Fsp3) is 0.565. The highest BCUT2D eigenvalue weighted by Crippen LogP contribution is 2.35. The number of rotatable bonds is 8. The van der Waals surface area contributed by atoms with Crippen molar-refractivity contribution in [1.82, 2.24) is 9.80 Å². The first-order valence-corrected chi connectivity index (χ1v) is 10.5. The summed E-state index contributed by atoms with van der Waals surface area (Å²) in [4.78, 5) is 30.2. The normalized spacial score (nSPS) is 22.6. The summed E-state index contributed by atoms with van der Waals surface area (Å²) in [5.74, 6) is 1.30. The molecule has 0 spiro atoms. The number of benzene rings is 1. The Morgan fingerprint density at radius 2 is 1.69 bits per heavy atom. The zero-order valence-electron chi connectivity index (χ0n) is 17.9. The van der Waals surface area contributed by atoms with Crippen LogP contribution in [0.25, 0.3) is 5.57 Å². The molecule has 29 heavy (non-hydrogen) atoms. The van der Waals surface area contributed by atoms with Crippen molar-refractivity contribution in [2.24, 2.45) is 11.8 Å². The average molecular weight is 401 g/mol. The number of amides is 2. The van der Waals surface area contributed by atoms with Crippen LogP contribution in [-0.4, -0.2) is 61.6 Å². The molecule has 0 bridgehead atoms. The second kappa shape index (κ2) is 9.44. The van der Waals surface area contributed by atoms with Crippen molar-refractivity contribution in [3.63, 3.8) is 0 Å². The molecule has 0 radical (unpaired) electrons. The number of ether oxygens (including phenoxy) is 2. The van der Waals surface area contributed by atoms with Crippen LogP contribution in [0.5, 0.6) is 5.75 Å². The molecular formula is C23H32N2O4. The van der Waals surface area contributed by atoms with Crippen LogP contribution < -0.4 is 4.74 Å². The topological polar surface area (TPSA) is 59.1 Å². The minimum Gasteiger partial charge on any atom is -0.497 e. The number of hydrogen-bond acceptors (Lipinski definition) is 5. The Morgan fingerprint density at radius 3 is 2.28 bits per heavy atom. The Hall–Kier alpha value is -2.34. The fourth-order valence-electron chi connectivity index (χ4n) is 4.39. The summed E-state index contributed by atoms with van der Waals surface area (Å²) < 4.78 is 10.6. The van der Waals surface area contributed by atoms with Crippen molar-refractivity contribution >= 4 is 17.4 Å². The lowest BCUT2D eigenvalue weighted by Crippen LogP contribution is -2.42. The number of hydrogen-bond donors (Lipinski definition) is 0. The van der Waals surface area contributed by atoms with Gasteiger partial charge in [0.1, 0.15) is 11.4 Å². The monoisotopic (exact) mass is 400 g/mol. The number of imide groups is 1. The quantitative estimate of drug-likeness (QED) is 0.495. The van der Waals surface area contributed by atoms with E-state index in [0.29, 0.717) is 49.3 Å². The molecule has 6 heteroatoms. The molecule has 0 saturated carbocycles. The summed E-state index contributed by atoms with van der Waals surface area (Å²) in [6.07, 6.45) is 1.78. The third-order valence-electron chi connectivity index (χ3n) is 5.58. The van der Waals surface area contributed by atoms with E-state index in [2.05, 4.69) is 18.7 Å². The van der Waals surface area contributed by atoms with E-state index in [-0.39, 0.29) is 11.8 Å². The summed E-state index contributed by atoms with van der Waals surface area (Å²) in [6.45, 7) is 9.49. The van der Waals surface area contributed by atoms with Crippen LogP contribution in [0.2, 0.25) is 0 Å². The van der Waals surface area contributed by atoms with Gasteiger partial charge in [0.05, 0.1) is 12.7 Å². The Kier molecular flexibility index (Phi) is 6.96. The maximum atomic E-state index is 13.3. The summed E-state index contributed by atoms with van der Waals surface area (Å²) in [6, 6.07) is 7.38. The summed E-state index contributed by atoms with van der Waals surface area (Å²) in [7, 11) is 1.61. The molecule has 6 nitrogen and oxygen atoms in total. The van der Waals surface area contributed by atoms with Gasteiger partial charge in [-0.1, -0.05) is 26.0 Å². The molecule has 2 heterocycles. The van der Waals surface area contributed by atoms with E-state index in [9.17, 15) is 9.59 Å². The molecule has 2 aliphatic heterocycles. The molecule has 1 saturated heterocycles. The number of methoxy groups -OCH3 is 1. The van der Waals surface area contributed by atoms with Gasteiger partial charge >= 0.3 is 0 Å². The molecular weight excluding hydrogens is 368 g/mol. The van der Waals surface area contributed by atoms with Crippen LogP contribution in [0.15, 0.2) is 30.0 Å². The first kappa shape index (κ1) is 21.4. The number of piperidine rings is 1. The first-order chi connectivity index (χ1) is 14.0. The highest BCUT2D eigenvalue weighted by Gasteiger charge is 2.42. The van der Waals surface area contributed by atoms with Gasteiger partial charge in [-0.3, -0.25) is 14.5 Å². The van der Waals surface area contributed by atoms with Gasteiger partial charge in [-0.15, -0.1) is 0 Å². The zero-order valence-corrected chi connectivity index (χ0v) is 17.9. The molecule has 1 aromatic carbocycles. The number of likely N-dealkylation sites (tertiary alicyclic amines) is 1. The van der Waals surface area contributed by atoms with Gasteiger partial charge in [0, 0.05) is 32.8 Å². The largest absolute Gasteiger partial charge is 0.497 e. The van der Waals surface area contributed by atoms with Crippen molar-refractivity contribution in [2.45, 2.75) is 33.6 Å². The van der Waals surface area contributed by atoms with Gasteiger partial charge in [-0.2, -0.15) is 0 Å². The lowest BCUT2D eigenvalue weighted by molar-refractivity contribution is -0.137. The Balaban J connectivity index is 1.94. The van der Waals surface area contributed by atoms with E-state index >= 15 is 0 Å². The maximum absolute atomic E-state index is 13.3. The molecule has 1 fully saturated rings. The Morgan fingerprint density at radius 1 is 1.03 bits per heavy atom. The smallest absolute Gasteiger partial charge is 0.277 e. The molecule has 2 aliphatic rings. The van der Waals surface area contributed by atoms with Crippen LogP contribution >= 0.6 is 0 Å². The Labute approximate surface area is 173 Å². The highest BCUT2D eigenvalue weighted by molar-refractivity contribution is 6.35. The molecule has 158 valence electrons. The fourth-order valence-corrected chi connectivity index (χ4v) is 4.39. The Bertz CT molecular complexity index is 762. The molecule has 0 aliphatic carbocycles. The zero-order chi connectivity index (χ0) is 21.0. The third kappa shape index (κ3) is 4.64. The number of nitrogens with zero attached hydrogens (tertiary/aromatic N) is 2. The molecule has 0 N–H and O–H groups in total.